The standard InChI is InChI=1S/C24H33N3O3S/c1-19-10-12-23(13-11-19)31(29,30)26(3)22-9-4-8-21(17-22)24(28)25-14-6-16-27-15-5-7-20(2)18-27/h4,8-13,17,20H,5-7,14-16,18H2,1-3H3,(H,25,28)/t20-/m0/s1. The molecule has 31 heavy (non-hydrogen) atoms. The molecule has 0 aliphatic carbocycles. The fraction of sp³-hybridized carbons (Fsp3) is 0.458. The summed E-state index contributed by atoms with van der Waals surface area (Å²) in [4.78, 5) is 15.3. The SMILES string of the molecule is Cc1ccc(S(=O)(=O)N(C)c2cccc(C(=O)NCCCN3CCC[C@H](C)C3)c2)cc1. The van der Waals surface area contributed by atoms with Crippen LogP contribution in [0.2, 0.25) is 0 Å². The lowest BCUT2D eigenvalue weighted by Gasteiger charge is -2.30. The van der Waals surface area contributed by atoms with Crippen molar-refractivity contribution in [1.29, 1.82) is 0 Å². The lowest BCUT2D eigenvalue weighted by molar-refractivity contribution is 0.0950. The minimum atomic E-state index is -3.69. The Labute approximate surface area is 186 Å². The van der Waals surface area contributed by atoms with Crippen molar-refractivity contribution < 1.29 is 13.2 Å². The van der Waals surface area contributed by atoms with Crippen LogP contribution < -0.4 is 9.62 Å². The molecule has 1 saturated heterocycles. The molecule has 7 heteroatoms. The molecule has 0 saturated carbocycles. The van der Waals surface area contributed by atoms with Gasteiger partial charge in [-0.1, -0.05) is 30.7 Å². The van der Waals surface area contributed by atoms with E-state index in [1.165, 1.54) is 24.2 Å². The number of piperidine rings is 1. The van der Waals surface area contributed by atoms with Gasteiger partial charge in [-0.25, -0.2) is 8.42 Å². The minimum Gasteiger partial charge on any atom is -0.352 e. The number of hydrogen-bond donors (Lipinski definition) is 1. The second-order valence-electron chi connectivity index (χ2n) is 8.49. The van der Waals surface area contributed by atoms with Crippen LogP contribution in [0.1, 0.15) is 42.1 Å². The van der Waals surface area contributed by atoms with Crippen molar-refractivity contribution in [3.8, 4) is 0 Å². The molecule has 0 aromatic heterocycles. The molecule has 0 unspecified atom stereocenters. The Hall–Kier alpha value is -2.38. The molecule has 0 radical (unpaired) electrons. The van der Waals surface area contributed by atoms with Gasteiger partial charge in [0, 0.05) is 25.7 Å². The molecule has 1 aliphatic heterocycles. The third kappa shape index (κ3) is 6.08. The number of likely N-dealkylation sites (tertiary alicyclic amines) is 1. The van der Waals surface area contributed by atoms with Gasteiger partial charge in [-0.2, -0.15) is 0 Å². The second-order valence-corrected chi connectivity index (χ2v) is 10.5. The van der Waals surface area contributed by atoms with Crippen LogP contribution in [0.15, 0.2) is 53.4 Å². The molecule has 2 aromatic carbocycles. The van der Waals surface area contributed by atoms with E-state index in [2.05, 4.69) is 17.1 Å². The molecule has 0 bridgehead atoms. The lowest BCUT2D eigenvalue weighted by Crippen LogP contribution is -2.36. The van der Waals surface area contributed by atoms with Gasteiger partial charge < -0.3 is 10.2 Å². The van der Waals surface area contributed by atoms with Crippen LogP contribution in [0.5, 0.6) is 0 Å². The molecular weight excluding hydrogens is 410 g/mol. The molecule has 2 aromatic rings. The lowest BCUT2D eigenvalue weighted by atomic mass is 10.0. The van der Waals surface area contributed by atoms with Crippen molar-refractivity contribution in [3.05, 3.63) is 59.7 Å². The van der Waals surface area contributed by atoms with E-state index in [0.717, 1.165) is 37.5 Å². The predicted octanol–water partition coefficient (Wildman–Crippen LogP) is 3.67. The van der Waals surface area contributed by atoms with E-state index in [1.807, 2.05) is 6.92 Å². The van der Waals surface area contributed by atoms with E-state index in [-0.39, 0.29) is 10.8 Å². The van der Waals surface area contributed by atoms with Crippen LogP contribution in [-0.2, 0) is 10.0 Å². The zero-order chi connectivity index (χ0) is 22.4. The van der Waals surface area contributed by atoms with Crippen molar-refractivity contribution in [1.82, 2.24) is 10.2 Å². The van der Waals surface area contributed by atoms with Crippen molar-refractivity contribution >= 4 is 21.6 Å². The quantitative estimate of drug-likeness (QED) is 0.632. The molecule has 3 rings (SSSR count). The number of sulfonamides is 1. The maximum absolute atomic E-state index is 12.9. The van der Waals surface area contributed by atoms with Crippen LogP contribution in [0.25, 0.3) is 0 Å². The Balaban J connectivity index is 1.58. The van der Waals surface area contributed by atoms with Gasteiger partial charge in [-0.05, 0) is 75.5 Å². The Morgan fingerprint density at radius 1 is 1.19 bits per heavy atom. The van der Waals surface area contributed by atoms with Crippen molar-refractivity contribution in [2.45, 2.75) is 38.0 Å². The normalized spacial score (nSPS) is 17.3. The highest BCUT2D eigenvalue weighted by Gasteiger charge is 2.22. The van der Waals surface area contributed by atoms with Gasteiger partial charge in [0.25, 0.3) is 15.9 Å². The molecule has 1 aliphatic rings. The Kier molecular flexibility index (Phi) is 7.73. The number of rotatable bonds is 8. The third-order valence-corrected chi connectivity index (χ3v) is 7.63. The number of aryl methyl sites for hydroxylation is 1. The van der Waals surface area contributed by atoms with Gasteiger partial charge in [0.2, 0.25) is 0 Å². The summed E-state index contributed by atoms with van der Waals surface area (Å²) in [7, 11) is -2.19. The smallest absolute Gasteiger partial charge is 0.264 e. The molecule has 1 atom stereocenters. The molecule has 0 spiro atoms. The highest BCUT2D eigenvalue weighted by molar-refractivity contribution is 7.92. The maximum Gasteiger partial charge on any atom is 0.264 e. The highest BCUT2D eigenvalue weighted by Crippen LogP contribution is 2.23. The maximum atomic E-state index is 12.9. The molecule has 168 valence electrons. The summed E-state index contributed by atoms with van der Waals surface area (Å²) in [5.74, 6) is 0.564. The molecule has 1 fully saturated rings. The number of hydrogen-bond acceptors (Lipinski definition) is 4. The zero-order valence-corrected chi connectivity index (χ0v) is 19.5. The third-order valence-electron chi connectivity index (χ3n) is 5.83. The zero-order valence-electron chi connectivity index (χ0n) is 18.7. The monoisotopic (exact) mass is 443 g/mol. The van der Waals surface area contributed by atoms with E-state index >= 15 is 0 Å². The number of carbonyl (C=O) groups excluding carboxylic acids is 1. The van der Waals surface area contributed by atoms with Crippen molar-refractivity contribution in [2.24, 2.45) is 5.92 Å². The average Bonchev–Trinajstić information content (AvgIpc) is 2.76. The van der Waals surface area contributed by atoms with Crippen molar-refractivity contribution in [2.75, 3.05) is 37.5 Å². The number of benzene rings is 2. The number of carbonyl (C=O) groups is 1. The van der Waals surface area contributed by atoms with Gasteiger partial charge in [0.15, 0.2) is 0 Å². The fourth-order valence-corrected chi connectivity index (χ4v) is 5.13. The van der Waals surface area contributed by atoms with Crippen LogP contribution in [-0.4, -0.2) is 52.5 Å². The van der Waals surface area contributed by atoms with Gasteiger partial charge in [0.1, 0.15) is 0 Å². The summed E-state index contributed by atoms with van der Waals surface area (Å²) in [6, 6.07) is 13.5. The summed E-state index contributed by atoms with van der Waals surface area (Å²) in [6.07, 6.45) is 3.46. The summed E-state index contributed by atoms with van der Waals surface area (Å²) in [5.41, 5.74) is 1.90. The topological polar surface area (TPSA) is 69.7 Å². The molecule has 6 nitrogen and oxygen atoms in total. The second kappa shape index (κ2) is 10.3. The summed E-state index contributed by atoms with van der Waals surface area (Å²) in [5, 5.41) is 2.96. The van der Waals surface area contributed by atoms with Gasteiger partial charge in [0.05, 0.1) is 10.6 Å². The fourth-order valence-electron chi connectivity index (χ4n) is 3.95. The van der Waals surface area contributed by atoms with Gasteiger partial charge >= 0.3 is 0 Å². The number of amides is 1. The molecular formula is C24H33N3O3S. The summed E-state index contributed by atoms with van der Waals surface area (Å²) < 4.78 is 27.1. The van der Waals surface area contributed by atoms with Gasteiger partial charge in [-0.3, -0.25) is 9.10 Å². The number of nitrogens with zero attached hydrogens (tertiary/aromatic N) is 2. The Morgan fingerprint density at radius 3 is 2.65 bits per heavy atom. The Bertz CT molecular complexity index is 989. The number of nitrogens with one attached hydrogen (secondary N) is 1. The minimum absolute atomic E-state index is 0.185. The van der Waals surface area contributed by atoms with E-state index in [9.17, 15) is 13.2 Å². The molecule has 1 amide bonds. The van der Waals surface area contributed by atoms with E-state index in [0.29, 0.717) is 17.8 Å². The van der Waals surface area contributed by atoms with Crippen LogP contribution >= 0.6 is 0 Å². The number of anilines is 1. The first kappa shape index (κ1) is 23.3. The van der Waals surface area contributed by atoms with E-state index in [4.69, 9.17) is 0 Å². The first-order valence-electron chi connectivity index (χ1n) is 10.9. The van der Waals surface area contributed by atoms with Crippen molar-refractivity contribution in [3.63, 3.8) is 0 Å². The molecule has 1 heterocycles. The summed E-state index contributed by atoms with van der Waals surface area (Å²) >= 11 is 0. The summed E-state index contributed by atoms with van der Waals surface area (Å²) in [6.45, 7) is 8.07. The van der Waals surface area contributed by atoms with Gasteiger partial charge in [-0.15, -0.1) is 0 Å². The molecule has 1 N–H and O–H groups in total. The largest absolute Gasteiger partial charge is 0.352 e. The first-order chi connectivity index (χ1) is 14.8. The van der Waals surface area contributed by atoms with Crippen LogP contribution in [0, 0.1) is 12.8 Å². The highest BCUT2D eigenvalue weighted by atomic mass is 32.2. The Morgan fingerprint density at radius 2 is 1.94 bits per heavy atom. The van der Waals surface area contributed by atoms with E-state index in [1.54, 1.807) is 48.5 Å². The van der Waals surface area contributed by atoms with Crippen LogP contribution in [0.4, 0.5) is 5.69 Å². The average molecular weight is 444 g/mol. The van der Waals surface area contributed by atoms with E-state index < -0.39 is 10.0 Å². The van der Waals surface area contributed by atoms with Crippen LogP contribution in [0.3, 0.4) is 0 Å². The first-order valence-corrected chi connectivity index (χ1v) is 12.4. The predicted molar refractivity (Wildman–Crippen MR) is 125 cm³/mol.